The molecule has 0 saturated heterocycles. The highest BCUT2D eigenvalue weighted by Gasteiger charge is 2.31. The van der Waals surface area contributed by atoms with Crippen molar-refractivity contribution in [2.24, 2.45) is 5.92 Å². The summed E-state index contributed by atoms with van der Waals surface area (Å²) in [7, 11) is 0. The second kappa shape index (κ2) is 7.56. The molecule has 5 nitrogen and oxygen atoms in total. The average Bonchev–Trinajstić information content (AvgIpc) is 3.43. The van der Waals surface area contributed by atoms with Gasteiger partial charge in [0, 0.05) is 17.2 Å². The lowest BCUT2D eigenvalue weighted by Crippen LogP contribution is -2.19. The van der Waals surface area contributed by atoms with Gasteiger partial charge in [0.25, 0.3) is 5.91 Å². The maximum atomic E-state index is 12.9. The summed E-state index contributed by atoms with van der Waals surface area (Å²) in [6.45, 7) is 4.21. The molecule has 138 valence electrons. The van der Waals surface area contributed by atoms with Gasteiger partial charge in [0.05, 0.1) is 17.8 Å². The standard InChI is InChI=1S/C21H22N4OS/c1-14-5-9-17(10-6-14)27-21-18(4-3-12-22-21)20(26)24-19-11-13-23-25(19)15(2)16-7-8-16/h3-6,9-13,15-16H,7-8H2,1-2H3,(H,24,26)/t15-/m0/s1. The molecule has 6 heteroatoms. The summed E-state index contributed by atoms with van der Waals surface area (Å²) in [5.74, 6) is 1.23. The highest BCUT2D eigenvalue weighted by molar-refractivity contribution is 7.99. The van der Waals surface area contributed by atoms with Crippen molar-refractivity contribution < 1.29 is 4.79 Å². The molecule has 1 N–H and O–H groups in total. The number of hydrogen-bond acceptors (Lipinski definition) is 4. The van der Waals surface area contributed by atoms with Gasteiger partial charge in [-0.2, -0.15) is 5.10 Å². The summed E-state index contributed by atoms with van der Waals surface area (Å²) in [6.07, 6.45) is 5.91. The van der Waals surface area contributed by atoms with Crippen LogP contribution in [-0.2, 0) is 0 Å². The van der Waals surface area contributed by atoms with Crippen LogP contribution in [0, 0.1) is 12.8 Å². The number of rotatable bonds is 6. The number of pyridine rings is 1. The SMILES string of the molecule is Cc1ccc(Sc2ncccc2C(=O)Nc2ccnn2[C@@H](C)C2CC2)cc1. The Morgan fingerprint density at radius 2 is 1.96 bits per heavy atom. The average molecular weight is 379 g/mol. The fourth-order valence-corrected chi connectivity index (χ4v) is 3.94. The topological polar surface area (TPSA) is 59.8 Å². The van der Waals surface area contributed by atoms with Gasteiger partial charge >= 0.3 is 0 Å². The Morgan fingerprint density at radius 3 is 2.70 bits per heavy atom. The number of aromatic nitrogens is 3. The zero-order chi connectivity index (χ0) is 18.8. The highest BCUT2D eigenvalue weighted by Crippen LogP contribution is 2.40. The molecule has 0 spiro atoms. The van der Waals surface area contributed by atoms with Gasteiger partial charge in [-0.05, 0) is 56.9 Å². The molecule has 1 fully saturated rings. The smallest absolute Gasteiger partial charge is 0.259 e. The van der Waals surface area contributed by atoms with Crippen molar-refractivity contribution >= 4 is 23.5 Å². The van der Waals surface area contributed by atoms with Crippen LogP contribution in [0.15, 0.2) is 64.8 Å². The minimum Gasteiger partial charge on any atom is -0.307 e. The van der Waals surface area contributed by atoms with Crippen LogP contribution in [0.4, 0.5) is 5.82 Å². The number of benzene rings is 1. The lowest BCUT2D eigenvalue weighted by molar-refractivity contribution is 0.102. The summed E-state index contributed by atoms with van der Waals surface area (Å²) in [5, 5.41) is 8.11. The minimum absolute atomic E-state index is 0.164. The number of nitrogens with one attached hydrogen (secondary N) is 1. The Labute approximate surface area is 163 Å². The van der Waals surface area contributed by atoms with E-state index < -0.39 is 0 Å². The number of hydrogen-bond donors (Lipinski definition) is 1. The Hall–Kier alpha value is -2.60. The van der Waals surface area contributed by atoms with Crippen LogP contribution in [0.25, 0.3) is 0 Å². The summed E-state index contributed by atoms with van der Waals surface area (Å²) >= 11 is 1.49. The van der Waals surface area contributed by atoms with Crippen LogP contribution in [0.5, 0.6) is 0 Å². The van der Waals surface area contributed by atoms with Crippen molar-refractivity contribution in [1.82, 2.24) is 14.8 Å². The lowest BCUT2D eigenvalue weighted by Gasteiger charge is -2.16. The third kappa shape index (κ3) is 4.06. The van der Waals surface area contributed by atoms with Crippen molar-refractivity contribution in [2.45, 2.75) is 42.7 Å². The van der Waals surface area contributed by atoms with E-state index in [0.29, 0.717) is 22.5 Å². The van der Waals surface area contributed by atoms with Gasteiger partial charge in [0.2, 0.25) is 0 Å². The molecule has 2 heterocycles. The Bertz CT molecular complexity index is 947. The molecule has 1 aliphatic rings. The molecular formula is C21H22N4OS. The van der Waals surface area contributed by atoms with E-state index in [4.69, 9.17) is 0 Å². The predicted molar refractivity (Wildman–Crippen MR) is 107 cm³/mol. The number of carbonyl (C=O) groups excluding carboxylic acids is 1. The molecule has 1 atom stereocenters. The van der Waals surface area contributed by atoms with Gasteiger partial charge in [0.1, 0.15) is 10.8 Å². The molecule has 0 bridgehead atoms. The van der Waals surface area contributed by atoms with Gasteiger partial charge in [-0.3, -0.25) is 4.79 Å². The zero-order valence-corrected chi connectivity index (χ0v) is 16.2. The van der Waals surface area contributed by atoms with Crippen LogP contribution < -0.4 is 5.32 Å². The quantitative estimate of drug-likeness (QED) is 0.658. The largest absolute Gasteiger partial charge is 0.307 e. The molecule has 27 heavy (non-hydrogen) atoms. The minimum atomic E-state index is -0.164. The summed E-state index contributed by atoms with van der Waals surface area (Å²) in [6, 6.07) is 13.9. The normalized spacial score (nSPS) is 14.7. The molecule has 1 amide bonds. The third-order valence-electron chi connectivity index (χ3n) is 4.85. The van der Waals surface area contributed by atoms with Crippen LogP contribution in [-0.4, -0.2) is 20.7 Å². The summed E-state index contributed by atoms with van der Waals surface area (Å²) < 4.78 is 1.92. The molecule has 0 unspecified atom stereocenters. The van der Waals surface area contributed by atoms with Crippen molar-refractivity contribution in [3.63, 3.8) is 0 Å². The lowest BCUT2D eigenvalue weighted by atomic mass is 10.2. The molecular weight excluding hydrogens is 356 g/mol. The first-order valence-corrected chi connectivity index (χ1v) is 9.98. The zero-order valence-electron chi connectivity index (χ0n) is 15.4. The number of nitrogens with zero attached hydrogens (tertiary/aromatic N) is 3. The molecule has 0 radical (unpaired) electrons. The van der Waals surface area contributed by atoms with Crippen LogP contribution >= 0.6 is 11.8 Å². The van der Waals surface area contributed by atoms with Crippen LogP contribution in [0.2, 0.25) is 0 Å². The highest BCUT2D eigenvalue weighted by atomic mass is 32.2. The Balaban J connectivity index is 1.54. The van der Waals surface area contributed by atoms with Crippen LogP contribution in [0.3, 0.4) is 0 Å². The molecule has 1 saturated carbocycles. The van der Waals surface area contributed by atoms with E-state index in [1.165, 1.54) is 30.2 Å². The number of carbonyl (C=O) groups is 1. The van der Waals surface area contributed by atoms with E-state index in [1.807, 2.05) is 28.9 Å². The van der Waals surface area contributed by atoms with Crippen molar-refractivity contribution in [3.8, 4) is 0 Å². The summed E-state index contributed by atoms with van der Waals surface area (Å²) in [4.78, 5) is 18.4. The molecule has 0 aliphatic heterocycles. The van der Waals surface area contributed by atoms with E-state index in [9.17, 15) is 4.79 Å². The second-order valence-electron chi connectivity index (χ2n) is 6.96. The van der Waals surface area contributed by atoms with Gasteiger partial charge in [-0.25, -0.2) is 9.67 Å². The van der Waals surface area contributed by atoms with Crippen molar-refractivity contribution in [1.29, 1.82) is 0 Å². The predicted octanol–water partition coefficient (Wildman–Crippen LogP) is 4.96. The number of amides is 1. The third-order valence-corrected chi connectivity index (χ3v) is 5.88. The van der Waals surface area contributed by atoms with Crippen molar-refractivity contribution in [2.75, 3.05) is 5.32 Å². The first-order chi connectivity index (χ1) is 13.1. The number of anilines is 1. The monoisotopic (exact) mass is 378 g/mol. The van der Waals surface area contributed by atoms with E-state index in [2.05, 4.69) is 41.4 Å². The second-order valence-corrected chi connectivity index (χ2v) is 8.03. The molecule has 2 aromatic heterocycles. The van der Waals surface area contributed by atoms with Crippen LogP contribution in [0.1, 0.15) is 41.7 Å². The molecule has 4 rings (SSSR count). The summed E-state index contributed by atoms with van der Waals surface area (Å²) in [5.41, 5.74) is 1.77. The maximum absolute atomic E-state index is 12.9. The van der Waals surface area contributed by atoms with Gasteiger partial charge in [-0.1, -0.05) is 29.5 Å². The first-order valence-electron chi connectivity index (χ1n) is 9.16. The van der Waals surface area contributed by atoms with E-state index in [-0.39, 0.29) is 5.91 Å². The van der Waals surface area contributed by atoms with E-state index in [0.717, 1.165) is 10.7 Å². The fraction of sp³-hybridized carbons (Fsp3) is 0.286. The van der Waals surface area contributed by atoms with Gasteiger partial charge in [0.15, 0.2) is 0 Å². The van der Waals surface area contributed by atoms with Gasteiger partial charge < -0.3 is 5.32 Å². The molecule has 3 aromatic rings. The Morgan fingerprint density at radius 1 is 1.19 bits per heavy atom. The molecule has 1 aromatic carbocycles. The first kappa shape index (κ1) is 17.8. The number of aryl methyl sites for hydroxylation is 1. The molecule has 1 aliphatic carbocycles. The van der Waals surface area contributed by atoms with Gasteiger partial charge in [-0.15, -0.1) is 0 Å². The van der Waals surface area contributed by atoms with E-state index >= 15 is 0 Å². The van der Waals surface area contributed by atoms with E-state index in [1.54, 1.807) is 18.5 Å². The fourth-order valence-electron chi connectivity index (χ4n) is 3.06. The Kier molecular flexibility index (Phi) is 4.99. The van der Waals surface area contributed by atoms with Crippen molar-refractivity contribution in [3.05, 3.63) is 66.0 Å². The maximum Gasteiger partial charge on any atom is 0.259 e.